The lowest BCUT2D eigenvalue weighted by atomic mass is 10.3. The van der Waals surface area contributed by atoms with E-state index in [9.17, 15) is 4.79 Å². The average molecular weight is 232 g/mol. The molecule has 0 bridgehead atoms. The van der Waals surface area contributed by atoms with Gasteiger partial charge in [0.2, 0.25) is 0 Å². The molecule has 1 amide bonds. The Morgan fingerprint density at radius 1 is 1.41 bits per heavy atom. The molecule has 0 radical (unpaired) electrons. The van der Waals surface area contributed by atoms with E-state index >= 15 is 0 Å². The third-order valence-corrected chi connectivity index (χ3v) is 2.12. The Morgan fingerprint density at radius 3 is 2.76 bits per heavy atom. The number of carbonyl (C=O) groups excluding carboxylic acids is 1. The predicted molar refractivity (Wildman–Crippen MR) is 63.2 cm³/mol. The number of rotatable bonds is 3. The molecule has 0 aliphatic rings. The Labute approximate surface area is 97.6 Å². The zero-order valence-corrected chi connectivity index (χ0v) is 9.21. The average Bonchev–Trinajstić information content (AvgIpc) is 2.75. The monoisotopic (exact) mass is 232 g/mol. The third-order valence-electron chi connectivity index (χ3n) is 2.12. The second-order valence-electron chi connectivity index (χ2n) is 3.41. The number of pyridine rings is 1. The molecular weight excluding hydrogens is 220 g/mol. The van der Waals surface area contributed by atoms with Gasteiger partial charge in [-0.3, -0.25) is 15.3 Å². The first-order chi connectivity index (χ1) is 8.19. The van der Waals surface area contributed by atoms with Crippen LogP contribution in [-0.2, 0) is 7.05 Å². The van der Waals surface area contributed by atoms with Crippen molar-refractivity contribution in [2.24, 2.45) is 12.9 Å². The lowest BCUT2D eigenvalue weighted by Gasteiger charge is -2.02. The normalized spacial score (nSPS) is 10.0. The molecule has 7 heteroatoms. The highest BCUT2D eigenvalue weighted by molar-refractivity contribution is 6.02. The zero-order valence-electron chi connectivity index (χ0n) is 9.21. The summed E-state index contributed by atoms with van der Waals surface area (Å²) in [6.07, 6.45) is 3.22. The van der Waals surface area contributed by atoms with Crippen LogP contribution in [0.2, 0.25) is 0 Å². The molecule has 0 aliphatic carbocycles. The van der Waals surface area contributed by atoms with Crippen LogP contribution in [0.15, 0.2) is 30.6 Å². The molecule has 0 spiro atoms. The minimum atomic E-state index is -0.313. The van der Waals surface area contributed by atoms with Crippen molar-refractivity contribution in [3.05, 3.63) is 36.3 Å². The van der Waals surface area contributed by atoms with E-state index in [0.717, 1.165) is 0 Å². The molecule has 0 fully saturated rings. The van der Waals surface area contributed by atoms with Gasteiger partial charge in [-0.15, -0.1) is 0 Å². The highest BCUT2D eigenvalue weighted by Gasteiger charge is 2.08. The molecule has 2 aromatic rings. The molecule has 2 heterocycles. The summed E-state index contributed by atoms with van der Waals surface area (Å²) in [5.41, 5.74) is 3.38. The first kappa shape index (κ1) is 11.1. The molecule has 2 aromatic heterocycles. The molecule has 0 atom stereocenters. The summed E-state index contributed by atoms with van der Waals surface area (Å²) in [5, 5.41) is 6.67. The zero-order chi connectivity index (χ0) is 12.3. The van der Waals surface area contributed by atoms with Crippen molar-refractivity contribution >= 4 is 17.4 Å². The minimum Gasteiger partial charge on any atom is -0.323 e. The van der Waals surface area contributed by atoms with Gasteiger partial charge in [-0.2, -0.15) is 5.10 Å². The Hall–Kier alpha value is -2.41. The van der Waals surface area contributed by atoms with Gasteiger partial charge >= 0.3 is 0 Å². The van der Waals surface area contributed by atoms with Crippen molar-refractivity contribution in [3.63, 3.8) is 0 Å². The number of carbonyl (C=O) groups is 1. The lowest BCUT2D eigenvalue weighted by molar-refractivity contribution is 0.102. The smallest absolute Gasteiger partial charge is 0.275 e. The molecule has 4 N–H and O–H groups in total. The summed E-state index contributed by atoms with van der Waals surface area (Å²) in [7, 11) is 1.77. The summed E-state index contributed by atoms with van der Waals surface area (Å²) in [6.45, 7) is 0. The van der Waals surface area contributed by atoms with Crippen molar-refractivity contribution < 1.29 is 4.79 Å². The minimum absolute atomic E-state index is 0.301. The number of hydrogen-bond donors (Lipinski definition) is 3. The molecular formula is C10H12N6O. The number of nitrogens with zero attached hydrogens (tertiary/aromatic N) is 3. The second-order valence-corrected chi connectivity index (χ2v) is 3.41. The van der Waals surface area contributed by atoms with Gasteiger partial charge in [-0.05, 0) is 12.1 Å². The van der Waals surface area contributed by atoms with Gasteiger partial charge in [0.05, 0.1) is 11.9 Å². The summed E-state index contributed by atoms with van der Waals surface area (Å²) >= 11 is 0. The molecule has 17 heavy (non-hydrogen) atoms. The van der Waals surface area contributed by atoms with Gasteiger partial charge in [-0.1, -0.05) is 0 Å². The number of nitrogens with two attached hydrogens (primary N) is 1. The molecule has 88 valence electrons. The van der Waals surface area contributed by atoms with E-state index in [4.69, 9.17) is 5.84 Å². The molecule has 2 rings (SSSR count). The predicted octanol–water partition coefficient (Wildman–Crippen LogP) is 0.353. The van der Waals surface area contributed by atoms with Crippen LogP contribution in [-0.4, -0.2) is 20.7 Å². The van der Waals surface area contributed by atoms with Gasteiger partial charge < -0.3 is 10.7 Å². The number of amides is 1. The summed E-state index contributed by atoms with van der Waals surface area (Å²) in [6, 6.07) is 4.95. The van der Waals surface area contributed by atoms with Crippen LogP contribution in [0.3, 0.4) is 0 Å². The maximum atomic E-state index is 11.7. The van der Waals surface area contributed by atoms with Gasteiger partial charge in [-0.25, -0.2) is 4.98 Å². The Morgan fingerprint density at radius 2 is 2.24 bits per heavy atom. The number of anilines is 2. The number of hydrazine groups is 1. The van der Waals surface area contributed by atoms with Crippen molar-refractivity contribution in [1.82, 2.24) is 14.8 Å². The fourth-order valence-corrected chi connectivity index (χ4v) is 1.28. The van der Waals surface area contributed by atoms with Crippen molar-refractivity contribution in [3.8, 4) is 0 Å². The van der Waals surface area contributed by atoms with E-state index in [1.54, 1.807) is 36.1 Å². The molecule has 0 aromatic carbocycles. The van der Waals surface area contributed by atoms with E-state index in [2.05, 4.69) is 20.8 Å². The molecule has 0 saturated carbocycles. The first-order valence-electron chi connectivity index (χ1n) is 4.92. The first-order valence-corrected chi connectivity index (χ1v) is 4.92. The van der Waals surface area contributed by atoms with Crippen LogP contribution in [0.25, 0.3) is 0 Å². The number of nitrogen functional groups attached to an aromatic ring is 1. The SMILES string of the molecule is Cn1ccc(NC(=O)c2ccc(NN)cn2)n1. The van der Waals surface area contributed by atoms with E-state index in [1.165, 1.54) is 6.20 Å². The molecule has 0 saturated heterocycles. The maximum Gasteiger partial charge on any atom is 0.275 e. The lowest BCUT2D eigenvalue weighted by Crippen LogP contribution is -2.15. The van der Waals surface area contributed by atoms with Crippen LogP contribution < -0.4 is 16.6 Å². The highest BCUT2D eigenvalue weighted by Crippen LogP contribution is 2.07. The Kier molecular flexibility index (Phi) is 3.01. The quantitative estimate of drug-likeness (QED) is 0.524. The van der Waals surface area contributed by atoms with E-state index in [0.29, 0.717) is 17.2 Å². The largest absolute Gasteiger partial charge is 0.323 e. The number of nitrogens with one attached hydrogen (secondary N) is 2. The van der Waals surface area contributed by atoms with Gasteiger partial charge in [0, 0.05) is 19.3 Å². The Balaban J connectivity index is 2.09. The summed E-state index contributed by atoms with van der Waals surface area (Å²) in [4.78, 5) is 15.7. The fraction of sp³-hybridized carbons (Fsp3) is 0.100. The van der Waals surface area contributed by atoms with Gasteiger partial charge in [0.15, 0.2) is 5.82 Å². The van der Waals surface area contributed by atoms with E-state index < -0.39 is 0 Å². The third kappa shape index (κ3) is 2.58. The maximum absolute atomic E-state index is 11.7. The standard InChI is InChI=1S/C10H12N6O/c1-16-5-4-9(15-16)13-10(17)8-3-2-7(14-11)6-12-8/h2-6,14H,11H2,1H3,(H,13,15,17). The van der Waals surface area contributed by atoms with Crippen molar-refractivity contribution in [1.29, 1.82) is 0 Å². The van der Waals surface area contributed by atoms with Crippen LogP contribution in [0.4, 0.5) is 11.5 Å². The topological polar surface area (TPSA) is 97.9 Å². The highest BCUT2D eigenvalue weighted by atomic mass is 16.1. The number of aromatic nitrogens is 3. The van der Waals surface area contributed by atoms with Crippen LogP contribution in [0.5, 0.6) is 0 Å². The molecule has 0 aliphatic heterocycles. The van der Waals surface area contributed by atoms with Crippen LogP contribution in [0, 0.1) is 0 Å². The Bertz CT molecular complexity index is 518. The van der Waals surface area contributed by atoms with Gasteiger partial charge in [0.25, 0.3) is 5.91 Å². The van der Waals surface area contributed by atoms with E-state index in [-0.39, 0.29) is 5.91 Å². The van der Waals surface area contributed by atoms with Crippen LogP contribution in [0.1, 0.15) is 10.5 Å². The number of hydrogen-bond acceptors (Lipinski definition) is 5. The number of aryl methyl sites for hydroxylation is 1. The summed E-state index contributed by atoms with van der Waals surface area (Å²) < 4.78 is 1.60. The molecule has 7 nitrogen and oxygen atoms in total. The second kappa shape index (κ2) is 4.62. The molecule has 0 unspecified atom stereocenters. The van der Waals surface area contributed by atoms with E-state index in [1.807, 2.05) is 0 Å². The summed E-state index contributed by atoms with van der Waals surface area (Å²) in [5.74, 6) is 5.37. The van der Waals surface area contributed by atoms with Crippen LogP contribution >= 0.6 is 0 Å². The van der Waals surface area contributed by atoms with Gasteiger partial charge in [0.1, 0.15) is 5.69 Å². The van der Waals surface area contributed by atoms with Crippen molar-refractivity contribution in [2.75, 3.05) is 10.7 Å². The fourth-order valence-electron chi connectivity index (χ4n) is 1.28. The van der Waals surface area contributed by atoms with Crippen molar-refractivity contribution in [2.45, 2.75) is 0 Å².